The third-order valence-electron chi connectivity index (χ3n) is 4.44. The zero-order valence-electron chi connectivity index (χ0n) is 16.6. The molecular weight excluding hydrogens is 354 g/mol. The van der Waals surface area contributed by atoms with Crippen LogP contribution in [0.2, 0.25) is 0 Å². The average Bonchev–Trinajstić information content (AvgIpc) is 2.70. The van der Waals surface area contributed by atoms with Crippen LogP contribution in [0.25, 0.3) is 0 Å². The smallest absolute Gasteiger partial charge is 0.253 e. The van der Waals surface area contributed by atoms with Crippen LogP contribution in [0.1, 0.15) is 35.3 Å². The highest BCUT2D eigenvalue weighted by Gasteiger charge is 2.14. The molecule has 148 valence electrons. The van der Waals surface area contributed by atoms with Gasteiger partial charge < -0.3 is 15.5 Å². The van der Waals surface area contributed by atoms with Crippen LogP contribution in [0.4, 0.5) is 0 Å². The molecule has 28 heavy (non-hydrogen) atoms. The summed E-state index contributed by atoms with van der Waals surface area (Å²) in [7, 11) is 1.77. The van der Waals surface area contributed by atoms with E-state index in [9.17, 15) is 14.4 Å². The van der Waals surface area contributed by atoms with E-state index in [4.69, 9.17) is 0 Å². The van der Waals surface area contributed by atoms with Crippen molar-refractivity contribution in [1.29, 1.82) is 0 Å². The fourth-order valence-electron chi connectivity index (χ4n) is 2.49. The minimum atomic E-state index is -0.263. The zero-order valence-corrected chi connectivity index (χ0v) is 16.6. The Kier molecular flexibility index (Phi) is 7.75. The molecule has 2 aromatic carbocycles. The van der Waals surface area contributed by atoms with Crippen molar-refractivity contribution in [3.8, 4) is 0 Å². The van der Waals surface area contributed by atoms with Crippen LogP contribution < -0.4 is 10.6 Å². The predicted octanol–water partition coefficient (Wildman–Crippen LogP) is 2.14. The summed E-state index contributed by atoms with van der Waals surface area (Å²) in [6.45, 7) is 4.18. The van der Waals surface area contributed by atoms with Crippen LogP contribution >= 0.6 is 0 Å². The third-order valence-corrected chi connectivity index (χ3v) is 4.44. The van der Waals surface area contributed by atoms with E-state index in [-0.39, 0.29) is 36.7 Å². The first-order valence-electron chi connectivity index (χ1n) is 9.30. The number of nitrogens with zero attached hydrogens (tertiary/aromatic N) is 1. The lowest BCUT2D eigenvalue weighted by Crippen LogP contribution is -2.37. The van der Waals surface area contributed by atoms with E-state index in [1.165, 1.54) is 0 Å². The fraction of sp³-hybridized carbons (Fsp3) is 0.318. The normalized spacial score (nSPS) is 10.4. The number of carbonyl (C=O) groups excluding carboxylic acids is 3. The average molecular weight is 381 g/mol. The Bertz CT molecular complexity index is 802. The van der Waals surface area contributed by atoms with Crippen LogP contribution in [-0.4, -0.2) is 42.3 Å². The minimum Gasteiger partial charge on any atom is -0.350 e. The molecule has 0 radical (unpaired) electrons. The van der Waals surface area contributed by atoms with Crippen molar-refractivity contribution in [3.63, 3.8) is 0 Å². The van der Waals surface area contributed by atoms with E-state index >= 15 is 0 Å². The second-order valence-corrected chi connectivity index (χ2v) is 6.92. The van der Waals surface area contributed by atoms with Crippen LogP contribution in [0, 0.1) is 0 Å². The maximum Gasteiger partial charge on any atom is 0.253 e. The van der Waals surface area contributed by atoms with Crippen molar-refractivity contribution < 1.29 is 14.4 Å². The highest BCUT2D eigenvalue weighted by molar-refractivity contribution is 5.94. The molecule has 0 aromatic heterocycles. The first-order valence-corrected chi connectivity index (χ1v) is 9.30. The predicted molar refractivity (Wildman–Crippen MR) is 109 cm³/mol. The van der Waals surface area contributed by atoms with E-state index < -0.39 is 0 Å². The van der Waals surface area contributed by atoms with Gasteiger partial charge in [-0.3, -0.25) is 14.4 Å². The lowest BCUT2D eigenvalue weighted by Gasteiger charge is -2.21. The number of hydrogen-bond donors (Lipinski definition) is 2. The van der Waals surface area contributed by atoms with Gasteiger partial charge in [0, 0.05) is 25.2 Å². The molecule has 0 saturated carbocycles. The number of carbonyl (C=O) groups is 3. The SMILES string of the molecule is CC(C)N(C)C(=O)c1ccc(CNC(=O)CNC(=O)Cc2ccccc2)cc1. The summed E-state index contributed by atoms with van der Waals surface area (Å²) in [6, 6.07) is 16.6. The molecule has 0 aliphatic heterocycles. The van der Waals surface area contributed by atoms with E-state index in [0.717, 1.165) is 11.1 Å². The number of benzene rings is 2. The van der Waals surface area contributed by atoms with Gasteiger partial charge in [-0.1, -0.05) is 42.5 Å². The van der Waals surface area contributed by atoms with E-state index in [0.29, 0.717) is 12.1 Å². The maximum atomic E-state index is 12.3. The van der Waals surface area contributed by atoms with Crippen LogP contribution in [0.5, 0.6) is 0 Å². The Morgan fingerprint density at radius 1 is 0.857 bits per heavy atom. The van der Waals surface area contributed by atoms with Crippen molar-refractivity contribution in [2.75, 3.05) is 13.6 Å². The van der Waals surface area contributed by atoms with E-state index in [1.807, 2.05) is 56.3 Å². The third kappa shape index (κ3) is 6.54. The summed E-state index contributed by atoms with van der Waals surface area (Å²) >= 11 is 0. The van der Waals surface area contributed by atoms with Crippen molar-refractivity contribution in [3.05, 3.63) is 71.3 Å². The Morgan fingerprint density at radius 2 is 1.50 bits per heavy atom. The summed E-state index contributed by atoms with van der Waals surface area (Å²) in [5.74, 6) is -0.494. The van der Waals surface area contributed by atoms with Gasteiger partial charge in [0.05, 0.1) is 13.0 Å². The van der Waals surface area contributed by atoms with E-state index in [1.54, 1.807) is 24.1 Å². The summed E-state index contributed by atoms with van der Waals surface area (Å²) in [4.78, 5) is 37.7. The lowest BCUT2D eigenvalue weighted by molar-refractivity contribution is -0.125. The quantitative estimate of drug-likeness (QED) is 0.735. The Morgan fingerprint density at radius 3 is 2.11 bits per heavy atom. The van der Waals surface area contributed by atoms with Crippen LogP contribution in [0.15, 0.2) is 54.6 Å². The van der Waals surface area contributed by atoms with Crippen molar-refractivity contribution >= 4 is 17.7 Å². The maximum absolute atomic E-state index is 12.3. The summed E-state index contributed by atoms with van der Waals surface area (Å²) in [6.07, 6.45) is 0.244. The molecule has 2 aromatic rings. The minimum absolute atomic E-state index is 0.0354. The van der Waals surface area contributed by atoms with E-state index in [2.05, 4.69) is 10.6 Å². The van der Waals surface area contributed by atoms with Gasteiger partial charge in [0.1, 0.15) is 0 Å². The molecule has 0 saturated heterocycles. The standard InChI is InChI=1S/C22H27N3O3/c1-16(2)25(3)22(28)19-11-9-18(10-12-19)14-23-21(27)15-24-20(26)13-17-7-5-4-6-8-17/h4-12,16H,13-15H2,1-3H3,(H,23,27)(H,24,26). The summed E-state index contributed by atoms with van der Waals surface area (Å²) < 4.78 is 0. The number of rotatable bonds is 8. The van der Waals surface area contributed by atoms with Crippen LogP contribution in [-0.2, 0) is 22.6 Å². The molecule has 0 aliphatic carbocycles. The zero-order chi connectivity index (χ0) is 20.5. The molecule has 0 heterocycles. The second kappa shape index (κ2) is 10.3. The highest BCUT2D eigenvalue weighted by atomic mass is 16.2. The monoisotopic (exact) mass is 381 g/mol. The summed E-state index contributed by atoms with van der Waals surface area (Å²) in [5.41, 5.74) is 2.39. The molecule has 0 atom stereocenters. The van der Waals surface area contributed by atoms with Gasteiger partial charge in [-0.05, 0) is 37.1 Å². The van der Waals surface area contributed by atoms with Gasteiger partial charge in [-0.2, -0.15) is 0 Å². The van der Waals surface area contributed by atoms with Crippen molar-refractivity contribution in [2.45, 2.75) is 32.9 Å². The highest BCUT2D eigenvalue weighted by Crippen LogP contribution is 2.09. The van der Waals surface area contributed by atoms with Gasteiger partial charge in [0.25, 0.3) is 5.91 Å². The van der Waals surface area contributed by atoms with Gasteiger partial charge in [-0.15, -0.1) is 0 Å². The Labute approximate surface area is 165 Å². The van der Waals surface area contributed by atoms with Gasteiger partial charge in [0.15, 0.2) is 0 Å². The number of amides is 3. The molecule has 0 unspecified atom stereocenters. The molecule has 0 spiro atoms. The molecule has 3 amide bonds. The van der Waals surface area contributed by atoms with Gasteiger partial charge >= 0.3 is 0 Å². The number of nitrogens with one attached hydrogen (secondary N) is 2. The first-order chi connectivity index (χ1) is 13.4. The molecule has 6 heteroatoms. The Balaban J connectivity index is 1.75. The molecule has 0 fully saturated rings. The first kappa shape index (κ1) is 21.2. The molecule has 2 rings (SSSR count). The Hall–Kier alpha value is -3.15. The second-order valence-electron chi connectivity index (χ2n) is 6.92. The van der Waals surface area contributed by atoms with Crippen molar-refractivity contribution in [1.82, 2.24) is 15.5 Å². The molecule has 0 aliphatic rings. The molecule has 2 N–H and O–H groups in total. The molecule has 6 nitrogen and oxygen atoms in total. The summed E-state index contributed by atoms with van der Waals surface area (Å²) in [5, 5.41) is 5.37. The van der Waals surface area contributed by atoms with Gasteiger partial charge in [0.2, 0.25) is 11.8 Å². The van der Waals surface area contributed by atoms with Crippen LogP contribution in [0.3, 0.4) is 0 Å². The molecule has 0 bridgehead atoms. The molecular formula is C22H27N3O3. The lowest BCUT2D eigenvalue weighted by atomic mass is 10.1. The fourth-order valence-corrected chi connectivity index (χ4v) is 2.49. The number of hydrogen-bond acceptors (Lipinski definition) is 3. The van der Waals surface area contributed by atoms with Crippen molar-refractivity contribution in [2.24, 2.45) is 0 Å². The topological polar surface area (TPSA) is 78.5 Å². The largest absolute Gasteiger partial charge is 0.350 e. The van der Waals surface area contributed by atoms with Gasteiger partial charge in [-0.25, -0.2) is 0 Å².